The van der Waals surface area contributed by atoms with Crippen molar-refractivity contribution in [2.45, 2.75) is 44.1 Å². The molecule has 21 heteroatoms. The van der Waals surface area contributed by atoms with Crippen molar-refractivity contribution in [2.24, 2.45) is 20.5 Å². The van der Waals surface area contributed by atoms with Crippen molar-refractivity contribution >= 4 is 127 Å². The van der Waals surface area contributed by atoms with E-state index in [2.05, 4.69) is 41.7 Å². The minimum absolute atomic E-state index is 0.00279. The van der Waals surface area contributed by atoms with Crippen LogP contribution in [-0.4, -0.2) is 67.4 Å². The third-order valence-corrected chi connectivity index (χ3v) is 11.1. The number of Topliss-reactive ketones (excluding diaryl/α,β-unsaturated/α-hetero) is 2. The van der Waals surface area contributed by atoms with Crippen molar-refractivity contribution in [3.63, 3.8) is 0 Å². The lowest BCUT2D eigenvalue weighted by molar-refractivity contribution is -0.127. The number of ether oxygens (including phenoxy) is 2. The van der Waals surface area contributed by atoms with Gasteiger partial charge < -0.3 is 30.7 Å². The van der Waals surface area contributed by atoms with Gasteiger partial charge >= 0.3 is 0 Å². The second-order valence-electron chi connectivity index (χ2n) is 14.2. The minimum atomic E-state index is -1.64. The summed E-state index contributed by atoms with van der Waals surface area (Å²) in [6.07, 6.45) is 0.196. The number of hydrogen-bond donors (Lipinski definition) is 4. The molecule has 4 N–H and O–H groups in total. The highest BCUT2D eigenvalue weighted by atomic mass is 35.5. The van der Waals surface area contributed by atoms with Gasteiger partial charge in [0.15, 0.2) is 11.6 Å². The lowest BCUT2D eigenvalue weighted by Crippen LogP contribution is -2.32. The van der Waals surface area contributed by atoms with E-state index in [9.17, 15) is 28.8 Å². The molecule has 0 aliphatic rings. The van der Waals surface area contributed by atoms with Gasteiger partial charge in [-0.2, -0.15) is 20.5 Å². The summed E-state index contributed by atoms with van der Waals surface area (Å²) >= 11 is 31.0. The Labute approximate surface area is 409 Å². The second-order valence-corrected chi connectivity index (χ2v) is 16.0. The number of alkyl halides is 3. The summed E-state index contributed by atoms with van der Waals surface area (Å²) < 4.78 is 10.7. The summed E-state index contributed by atoms with van der Waals surface area (Å²) in [4.78, 5) is 79.0. The van der Waals surface area contributed by atoms with Crippen LogP contribution >= 0.6 is 58.0 Å². The molecular weight excluding hydrogens is 970 g/mol. The molecule has 0 saturated heterocycles. The number of carbonyl (C=O) groups is 6. The first-order chi connectivity index (χ1) is 32.1. The summed E-state index contributed by atoms with van der Waals surface area (Å²) in [5.74, 6) is -3.00. The van der Waals surface area contributed by atoms with Crippen molar-refractivity contribution in [1.82, 2.24) is 0 Å². The van der Waals surface area contributed by atoms with E-state index in [0.29, 0.717) is 39.6 Å². The molecule has 5 aromatic rings. The topological polar surface area (TPSA) is 218 Å². The number of halogens is 5. The third kappa shape index (κ3) is 13.4. The number of ketones is 2. The highest BCUT2D eigenvalue weighted by Crippen LogP contribution is 2.34. The van der Waals surface area contributed by atoms with Crippen LogP contribution in [0.1, 0.15) is 51.3 Å². The maximum absolute atomic E-state index is 13.5. The van der Waals surface area contributed by atoms with Gasteiger partial charge in [-0.3, -0.25) is 28.8 Å². The number of aryl methyl sites for hydroxylation is 1. The van der Waals surface area contributed by atoms with Crippen LogP contribution in [0.2, 0.25) is 10.0 Å². The normalized spacial score (nSPS) is 12.0. The number of nitrogens with zero attached hydrogens (tertiary/aromatic N) is 4. The molecule has 5 aromatic carbocycles. The van der Waals surface area contributed by atoms with Crippen molar-refractivity contribution in [3.05, 3.63) is 129 Å². The van der Waals surface area contributed by atoms with Gasteiger partial charge in [0, 0.05) is 40.1 Å². The van der Waals surface area contributed by atoms with Gasteiger partial charge in [-0.15, -0.1) is 34.8 Å². The van der Waals surface area contributed by atoms with Gasteiger partial charge in [0.25, 0.3) is 23.6 Å². The number of carbonyl (C=O) groups excluding carboxylic acids is 6. The first-order valence-corrected chi connectivity index (χ1v) is 22.3. The molecule has 0 bridgehead atoms. The highest BCUT2D eigenvalue weighted by Gasteiger charge is 2.27. The van der Waals surface area contributed by atoms with E-state index in [1.165, 1.54) is 68.8 Å². The molecule has 0 fully saturated rings. The molecule has 4 amide bonds. The number of azo groups is 2. The Kier molecular flexibility index (Phi) is 18.8. The number of methoxy groups -OCH3 is 2. The molecule has 0 aliphatic heterocycles. The maximum atomic E-state index is 13.5. The number of rotatable bonds is 20. The SMILES string of the molecule is COc1cccc(CCl)c1NC(=O)c1ccc(Cl)c(N=NC(C(C)=O)C(=O)Nc2ccc(NC(=O)C(N=Nc3cc(C(=O)Nc4c(CCl)cccc4OC)ccc3Cl)C(C)=O)c(CCCl)c2)c1. The lowest BCUT2D eigenvalue weighted by atomic mass is 10.1. The van der Waals surface area contributed by atoms with E-state index in [0.717, 1.165) is 13.8 Å². The van der Waals surface area contributed by atoms with Crippen molar-refractivity contribution < 1.29 is 38.2 Å². The van der Waals surface area contributed by atoms with Crippen molar-refractivity contribution in [1.29, 1.82) is 0 Å². The number of para-hydroxylation sites is 2. The molecular formula is C46H41Cl5N8O8. The lowest BCUT2D eigenvalue weighted by Gasteiger charge is -2.16. The minimum Gasteiger partial charge on any atom is -0.495 e. The van der Waals surface area contributed by atoms with Gasteiger partial charge in [0.2, 0.25) is 12.1 Å². The molecule has 2 atom stereocenters. The molecule has 0 saturated carbocycles. The van der Waals surface area contributed by atoms with Crippen LogP contribution in [0.15, 0.2) is 111 Å². The van der Waals surface area contributed by atoms with Crippen LogP contribution in [0.4, 0.5) is 34.1 Å². The summed E-state index contributed by atoms with van der Waals surface area (Å²) in [6.45, 7) is 2.31. The van der Waals surface area contributed by atoms with Crippen LogP contribution in [0.5, 0.6) is 11.5 Å². The predicted octanol–water partition coefficient (Wildman–Crippen LogP) is 11.1. The van der Waals surface area contributed by atoms with E-state index in [1.54, 1.807) is 36.4 Å². The molecule has 0 heterocycles. The Bertz CT molecular complexity index is 2730. The summed E-state index contributed by atoms with van der Waals surface area (Å²) in [5.41, 5.74) is 3.17. The Morgan fingerprint density at radius 3 is 1.45 bits per heavy atom. The standard InChI is InChI=1S/C46H41Cl5N8O8/c1-24(60)39(58-56-35-20-27(11-14-32(35)50)43(62)54-41-29(22-48)7-5-9-37(41)66-3)45(64)52-31-13-16-34(26(19-31)17-18-47)53-46(65)40(25(2)61)59-57-36-21-28(12-15-33(36)51)44(63)55-42-30(23-49)8-6-10-38(42)67-4/h5-16,19-21,39-40H,17-18,22-23H2,1-4H3,(H,52,64)(H,53,65)(H,54,62)(H,55,63). The van der Waals surface area contributed by atoms with Crippen LogP contribution in [0.3, 0.4) is 0 Å². The van der Waals surface area contributed by atoms with Crippen LogP contribution in [0.25, 0.3) is 0 Å². The average molecular weight is 1010 g/mol. The predicted molar refractivity (Wildman–Crippen MR) is 260 cm³/mol. The van der Waals surface area contributed by atoms with Crippen LogP contribution in [-0.2, 0) is 37.4 Å². The number of amides is 4. The molecule has 67 heavy (non-hydrogen) atoms. The Morgan fingerprint density at radius 1 is 0.567 bits per heavy atom. The monoisotopic (exact) mass is 1010 g/mol. The van der Waals surface area contributed by atoms with E-state index < -0.39 is 47.3 Å². The van der Waals surface area contributed by atoms with Crippen LogP contribution in [0, 0.1) is 0 Å². The molecule has 0 aromatic heterocycles. The molecule has 0 spiro atoms. The smallest absolute Gasteiger partial charge is 0.258 e. The zero-order chi connectivity index (χ0) is 48.8. The number of nitrogens with one attached hydrogen (secondary N) is 4. The van der Waals surface area contributed by atoms with E-state index in [1.807, 2.05) is 0 Å². The molecule has 0 aliphatic carbocycles. The quantitative estimate of drug-likeness (QED) is 0.0333. The van der Waals surface area contributed by atoms with E-state index in [-0.39, 0.29) is 68.0 Å². The highest BCUT2D eigenvalue weighted by molar-refractivity contribution is 6.33. The largest absolute Gasteiger partial charge is 0.495 e. The zero-order valence-electron chi connectivity index (χ0n) is 36.1. The fourth-order valence-electron chi connectivity index (χ4n) is 6.22. The van der Waals surface area contributed by atoms with Crippen molar-refractivity contribution in [2.75, 3.05) is 41.4 Å². The van der Waals surface area contributed by atoms with Gasteiger partial charge in [0.1, 0.15) is 22.9 Å². The fraction of sp³-hybridized carbons (Fsp3) is 0.217. The molecule has 16 nitrogen and oxygen atoms in total. The summed E-state index contributed by atoms with van der Waals surface area (Å²) in [7, 11) is 2.91. The average Bonchev–Trinajstić information content (AvgIpc) is 3.30. The summed E-state index contributed by atoms with van der Waals surface area (Å²) in [6, 6.07) is 19.9. The maximum Gasteiger partial charge on any atom is 0.258 e. The number of benzene rings is 5. The fourth-order valence-corrected chi connectivity index (χ4v) is 7.18. The first-order valence-electron chi connectivity index (χ1n) is 19.9. The van der Waals surface area contributed by atoms with Gasteiger partial charge in [-0.1, -0.05) is 47.5 Å². The molecule has 0 radical (unpaired) electrons. The molecule has 348 valence electrons. The van der Waals surface area contributed by atoms with Gasteiger partial charge in [-0.25, -0.2) is 0 Å². The van der Waals surface area contributed by atoms with Crippen LogP contribution < -0.4 is 30.7 Å². The van der Waals surface area contributed by atoms with E-state index >= 15 is 0 Å². The second kappa shape index (κ2) is 24.4. The first kappa shape index (κ1) is 51.6. The Balaban J connectivity index is 1.29. The zero-order valence-corrected chi connectivity index (χ0v) is 39.9. The van der Waals surface area contributed by atoms with Gasteiger partial charge in [0.05, 0.1) is 35.6 Å². The third-order valence-electron chi connectivity index (χ3n) is 9.67. The Morgan fingerprint density at radius 2 is 1.03 bits per heavy atom. The van der Waals surface area contributed by atoms with Crippen molar-refractivity contribution in [3.8, 4) is 11.5 Å². The Hall–Kier alpha value is -6.43. The molecule has 5 rings (SSSR count). The number of hydrogen-bond acceptors (Lipinski definition) is 12. The number of anilines is 4. The van der Waals surface area contributed by atoms with E-state index in [4.69, 9.17) is 67.5 Å². The van der Waals surface area contributed by atoms with Gasteiger partial charge in [-0.05, 0) is 104 Å². The summed E-state index contributed by atoms with van der Waals surface area (Å²) in [5, 5.41) is 27.1. The molecule has 2 unspecified atom stereocenters.